The van der Waals surface area contributed by atoms with Crippen molar-refractivity contribution in [2.24, 2.45) is 0 Å². The summed E-state index contributed by atoms with van der Waals surface area (Å²) >= 11 is 1.58. The van der Waals surface area contributed by atoms with Crippen molar-refractivity contribution < 1.29 is 5.11 Å². The van der Waals surface area contributed by atoms with E-state index in [0.29, 0.717) is 23.7 Å². The lowest BCUT2D eigenvalue weighted by atomic mass is 10.1. The predicted octanol–water partition coefficient (Wildman–Crippen LogP) is 1.79. The van der Waals surface area contributed by atoms with E-state index >= 15 is 0 Å². The molecular weight excluding hydrogens is 234 g/mol. The number of nitrogens with one attached hydrogen (secondary N) is 1. The number of rotatable bonds is 5. The Bertz CT molecular complexity index is 426. The minimum atomic E-state index is -0.808. The average Bonchev–Trinajstić information content (AvgIpc) is 2.26. The number of aromatic nitrogens is 1. The third kappa shape index (κ3) is 3.91. The highest BCUT2D eigenvalue weighted by Gasteiger charge is 2.20. The minimum Gasteiger partial charge on any atom is -0.387 e. The molecule has 0 fully saturated rings. The third-order valence-corrected chi connectivity index (χ3v) is 3.27. The Morgan fingerprint density at radius 2 is 2.35 bits per heavy atom. The van der Waals surface area contributed by atoms with Crippen molar-refractivity contribution in [3.05, 3.63) is 23.4 Å². The van der Waals surface area contributed by atoms with Gasteiger partial charge in [0.05, 0.1) is 11.2 Å². The monoisotopic (exact) mass is 251 g/mol. The molecule has 1 atom stereocenters. The van der Waals surface area contributed by atoms with Crippen molar-refractivity contribution in [2.75, 3.05) is 23.9 Å². The van der Waals surface area contributed by atoms with Crippen molar-refractivity contribution in [2.45, 2.75) is 19.4 Å². The maximum atomic E-state index is 10.0. The highest BCUT2D eigenvalue weighted by Crippen LogP contribution is 2.17. The van der Waals surface area contributed by atoms with Crippen LogP contribution in [0.15, 0.2) is 12.3 Å². The van der Waals surface area contributed by atoms with Crippen LogP contribution in [-0.2, 0) is 0 Å². The van der Waals surface area contributed by atoms with E-state index in [0.717, 1.165) is 5.56 Å². The number of nitrogens with zero attached hydrogens (tertiary/aromatic N) is 2. The molecule has 0 aliphatic rings. The molecule has 0 saturated carbocycles. The number of anilines is 1. The Morgan fingerprint density at radius 1 is 1.65 bits per heavy atom. The van der Waals surface area contributed by atoms with Crippen LogP contribution in [0.4, 0.5) is 5.82 Å². The van der Waals surface area contributed by atoms with Gasteiger partial charge in [-0.05, 0) is 31.7 Å². The average molecular weight is 251 g/mol. The van der Waals surface area contributed by atoms with Gasteiger partial charge in [0.25, 0.3) is 0 Å². The first-order chi connectivity index (χ1) is 8.00. The molecule has 2 N–H and O–H groups in total. The fourth-order valence-electron chi connectivity index (χ4n) is 1.47. The molecule has 17 heavy (non-hydrogen) atoms. The Labute approximate surface area is 106 Å². The van der Waals surface area contributed by atoms with Crippen LogP contribution in [0.25, 0.3) is 0 Å². The molecule has 0 saturated heterocycles. The molecule has 5 heteroatoms. The smallest absolute Gasteiger partial charge is 0.144 e. The van der Waals surface area contributed by atoms with Crippen LogP contribution in [-0.4, -0.2) is 34.2 Å². The normalized spacial score (nSPS) is 13.8. The molecule has 92 valence electrons. The van der Waals surface area contributed by atoms with Gasteiger partial charge in [0.15, 0.2) is 0 Å². The molecular formula is C12H17N3OS. The number of hydrogen-bond acceptors (Lipinski definition) is 5. The lowest BCUT2D eigenvalue weighted by Gasteiger charge is -2.23. The van der Waals surface area contributed by atoms with E-state index in [4.69, 9.17) is 5.26 Å². The number of hydrogen-bond donors (Lipinski definition) is 2. The molecule has 0 aromatic carbocycles. The molecule has 0 amide bonds. The largest absolute Gasteiger partial charge is 0.387 e. The molecule has 0 spiro atoms. The van der Waals surface area contributed by atoms with E-state index in [1.54, 1.807) is 30.9 Å². The van der Waals surface area contributed by atoms with Gasteiger partial charge >= 0.3 is 0 Å². The Kier molecular flexibility index (Phi) is 4.79. The van der Waals surface area contributed by atoms with Gasteiger partial charge in [-0.25, -0.2) is 4.98 Å². The molecule has 1 aromatic heterocycles. The van der Waals surface area contributed by atoms with E-state index in [1.807, 2.05) is 13.2 Å². The summed E-state index contributed by atoms with van der Waals surface area (Å²) < 4.78 is 0. The van der Waals surface area contributed by atoms with Crippen molar-refractivity contribution in [3.63, 3.8) is 0 Å². The lowest BCUT2D eigenvalue weighted by Crippen LogP contribution is -2.36. The summed E-state index contributed by atoms with van der Waals surface area (Å²) in [5.41, 5.74) is 0.611. The summed E-state index contributed by atoms with van der Waals surface area (Å²) in [5.74, 6) is 1.17. The van der Waals surface area contributed by atoms with Crippen LogP contribution in [0.5, 0.6) is 0 Å². The van der Waals surface area contributed by atoms with Crippen LogP contribution < -0.4 is 5.32 Å². The molecule has 0 aliphatic carbocycles. The zero-order chi connectivity index (χ0) is 12.9. The Morgan fingerprint density at radius 3 is 2.94 bits per heavy atom. The standard InChI is InChI=1S/C12H17N3OS/c1-9-4-5-14-11(10(9)6-13)15-7-12(2,16)8-17-3/h4-5,16H,7-8H2,1-3H3,(H,14,15). The van der Waals surface area contributed by atoms with Crippen molar-refractivity contribution in [3.8, 4) is 6.07 Å². The summed E-state index contributed by atoms with van der Waals surface area (Å²) in [4.78, 5) is 4.12. The highest BCUT2D eigenvalue weighted by molar-refractivity contribution is 7.98. The van der Waals surface area contributed by atoms with Crippen LogP contribution in [0, 0.1) is 18.3 Å². The molecule has 1 aromatic rings. The van der Waals surface area contributed by atoms with Crippen LogP contribution in [0.2, 0.25) is 0 Å². The fourth-order valence-corrected chi connectivity index (χ4v) is 2.19. The van der Waals surface area contributed by atoms with Crippen LogP contribution in [0.1, 0.15) is 18.1 Å². The molecule has 0 bridgehead atoms. The number of aliphatic hydroxyl groups is 1. The Balaban J connectivity index is 2.77. The fraction of sp³-hybridized carbons (Fsp3) is 0.500. The third-order valence-electron chi connectivity index (χ3n) is 2.36. The SMILES string of the molecule is CSCC(C)(O)CNc1nccc(C)c1C#N. The van der Waals surface area contributed by atoms with Crippen molar-refractivity contribution in [1.29, 1.82) is 5.26 Å². The summed E-state index contributed by atoms with van der Waals surface area (Å²) in [5, 5.41) is 22.1. The molecule has 4 nitrogen and oxygen atoms in total. The number of thioether (sulfide) groups is 1. The zero-order valence-corrected chi connectivity index (χ0v) is 11.1. The van der Waals surface area contributed by atoms with Gasteiger partial charge in [0.1, 0.15) is 11.9 Å². The van der Waals surface area contributed by atoms with Gasteiger partial charge in [0, 0.05) is 18.5 Å². The van der Waals surface area contributed by atoms with Crippen LogP contribution >= 0.6 is 11.8 Å². The number of pyridine rings is 1. The maximum absolute atomic E-state index is 10.0. The zero-order valence-electron chi connectivity index (χ0n) is 10.3. The second-order valence-electron chi connectivity index (χ2n) is 4.25. The summed E-state index contributed by atoms with van der Waals surface area (Å²) in [7, 11) is 0. The van der Waals surface area contributed by atoms with Crippen molar-refractivity contribution >= 4 is 17.6 Å². The number of aryl methyl sites for hydroxylation is 1. The molecule has 1 rings (SSSR count). The molecule has 1 heterocycles. The molecule has 1 unspecified atom stereocenters. The van der Waals surface area contributed by atoms with Gasteiger partial charge in [-0.2, -0.15) is 17.0 Å². The first kappa shape index (κ1) is 13.8. The van der Waals surface area contributed by atoms with Gasteiger partial charge in [-0.15, -0.1) is 0 Å². The minimum absolute atomic E-state index is 0.374. The van der Waals surface area contributed by atoms with E-state index in [1.165, 1.54) is 0 Å². The second-order valence-corrected chi connectivity index (χ2v) is 5.11. The molecule has 0 aliphatic heterocycles. The summed E-state index contributed by atoms with van der Waals surface area (Å²) in [6.07, 6.45) is 3.60. The molecule has 0 radical (unpaired) electrons. The first-order valence-electron chi connectivity index (χ1n) is 5.31. The van der Waals surface area contributed by atoms with E-state index in [2.05, 4.69) is 16.4 Å². The van der Waals surface area contributed by atoms with E-state index in [-0.39, 0.29) is 0 Å². The summed E-state index contributed by atoms with van der Waals surface area (Å²) in [6.45, 7) is 4.00. The maximum Gasteiger partial charge on any atom is 0.144 e. The Hall–Kier alpha value is -1.25. The van der Waals surface area contributed by atoms with Gasteiger partial charge in [-0.3, -0.25) is 0 Å². The summed E-state index contributed by atoms with van der Waals surface area (Å²) in [6, 6.07) is 3.92. The highest BCUT2D eigenvalue weighted by atomic mass is 32.2. The quantitative estimate of drug-likeness (QED) is 0.835. The second kappa shape index (κ2) is 5.89. The lowest BCUT2D eigenvalue weighted by molar-refractivity contribution is 0.0996. The number of nitriles is 1. The topological polar surface area (TPSA) is 68.9 Å². The van der Waals surface area contributed by atoms with E-state index < -0.39 is 5.60 Å². The van der Waals surface area contributed by atoms with Gasteiger partial charge < -0.3 is 10.4 Å². The van der Waals surface area contributed by atoms with Gasteiger partial charge in [-0.1, -0.05) is 0 Å². The predicted molar refractivity (Wildman–Crippen MR) is 71.2 cm³/mol. The van der Waals surface area contributed by atoms with E-state index in [9.17, 15) is 5.11 Å². The van der Waals surface area contributed by atoms with Crippen LogP contribution in [0.3, 0.4) is 0 Å². The van der Waals surface area contributed by atoms with Crippen molar-refractivity contribution in [1.82, 2.24) is 4.98 Å². The first-order valence-corrected chi connectivity index (χ1v) is 6.70. The van der Waals surface area contributed by atoms with Gasteiger partial charge in [0.2, 0.25) is 0 Å².